The third-order valence-corrected chi connectivity index (χ3v) is 3.33. The first-order chi connectivity index (χ1) is 8.58. The average Bonchev–Trinajstić information content (AvgIpc) is 3.13. The molecule has 1 aromatic heterocycles. The predicted molar refractivity (Wildman–Crippen MR) is 68.3 cm³/mol. The fraction of sp³-hybridized carbons (Fsp3) is 0.273. The number of nitro benzene ring substituents is 1. The fourth-order valence-electron chi connectivity index (χ4n) is 1.99. The van der Waals surface area contributed by atoms with E-state index in [-0.39, 0.29) is 17.3 Å². The number of nitrogens with zero attached hydrogens (tertiary/aromatic N) is 2. The summed E-state index contributed by atoms with van der Waals surface area (Å²) in [5.41, 5.74) is 0.194. The second-order valence-electron chi connectivity index (χ2n) is 4.32. The first-order valence-corrected chi connectivity index (χ1v) is 5.92. The fourth-order valence-corrected chi connectivity index (χ4v) is 2.34. The van der Waals surface area contributed by atoms with Crippen LogP contribution >= 0.6 is 12.2 Å². The highest BCUT2D eigenvalue weighted by molar-refractivity contribution is 7.71. The number of nitro groups is 1. The van der Waals surface area contributed by atoms with Gasteiger partial charge in [-0.2, -0.15) is 0 Å². The molecule has 18 heavy (non-hydrogen) atoms. The van der Waals surface area contributed by atoms with Crippen molar-refractivity contribution in [2.24, 2.45) is 0 Å². The van der Waals surface area contributed by atoms with Crippen LogP contribution in [0, 0.1) is 14.9 Å². The molecule has 7 heteroatoms. The van der Waals surface area contributed by atoms with E-state index in [0.717, 1.165) is 12.8 Å². The van der Waals surface area contributed by atoms with Gasteiger partial charge in [-0.3, -0.25) is 19.5 Å². The van der Waals surface area contributed by atoms with Crippen molar-refractivity contribution < 1.29 is 4.92 Å². The zero-order valence-corrected chi connectivity index (χ0v) is 10.1. The van der Waals surface area contributed by atoms with Crippen molar-refractivity contribution in [2.75, 3.05) is 0 Å². The summed E-state index contributed by atoms with van der Waals surface area (Å²) in [5.74, 6) is 0. The zero-order valence-electron chi connectivity index (χ0n) is 9.25. The van der Waals surface area contributed by atoms with E-state index in [9.17, 15) is 14.9 Å². The SMILES string of the molecule is O=c1c2cc([N+](=O)[O-])ccc2[nH]c(=S)n1C1CC1. The monoisotopic (exact) mass is 263 g/mol. The van der Waals surface area contributed by atoms with Gasteiger partial charge in [-0.1, -0.05) is 0 Å². The maximum atomic E-state index is 12.3. The number of hydrogen-bond acceptors (Lipinski definition) is 4. The maximum absolute atomic E-state index is 12.3. The van der Waals surface area contributed by atoms with E-state index in [2.05, 4.69) is 4.98 Å². The lowest BCUT2D eigenvalue weighted by Crippen LogP contribution is -2.21. The van der Waals surface area contributed by atoms with Crippen LogP contribution in [-0.4, -0.2) is 14.5 Å². The van der Waals surface area contributed by atoms with Crippen LogP contribution in [0.3, 0.4) is 0 Å². The maximum Gasteiger partial charge on any atom is 0.270 e. The summed E-state index contributed by atoms with van der Waals surface area (Å²) in [7, 11) is 0. The quantitative estimate of drug-likeness (QED) is 0.512. The van der Waals surface area contributed by atoms with Crippen molar-refractivity contribution in [1.29, 1.82) is 0 Å². The number of hydrogen-bond donors (Lipinski definition) is 1. The lowest BCUT2D eigenvalue weighted by molar-refractivity contribution is -0.384. The molecule has 0 bridgehead atoms. The Bertz CT molecular complexity index is 773. The van der Waals surface area contributed by atoms with Crippen LogP contribution < -0.4 is 5.56 Å². The summed E-state index contributed by atoms with van der Waals surface area (Å²) in [5, 5.41) is 11.0. The summed E-state index contributed by atoms with van der Waals surface area (Å²) >= 11 is 5.14. The van der Waals surface area contributed by atoms with Gasteiger partial charge < -0.3 is 4.98 Å². The molecule has 0 unspecified atom stereocenters. The van der Waals surface area contributed by atoms with Gasteiger partial charge in [-0.05, 0) is 31.1 Å². The number of nitrogens with one attached hydrogen (secondary N) is 1. The van der Waals surface area contributed by atoms with Gasteiger partial charge in [-0.25, -0.2) is 0 Å². The molecule has 92 valence electrons. The van der Waals surface area contributed by atoms with E-state index in [1.165, 1.54) is 22.8 Å². The number of aromatic nitrogens is 2. The largest absolute Gasteiger partial charge is 0.332 e. The molecule has 0 amide bonds. The van der Waals surface area contributed by atoms with E-state index in [1.807, 2.05) is 0 Å². The Morgan fingerprint density at radius 2 is 2.17 bits per heavy atom. The minimum Gasteiger partial charge on any atom is -0.332 e. The zero-order chi connectivity index (χ0) is 12.9. The molecule has 3 rings (SSSR count). The van der Waals surface area contributed by atoms with E-state index in [0.29, 0.717) is 15.7 Å². The Balaban J connectivity index is 2.37. The summed E-state index contributed by atoms with van der Waals surface area (Å²) in [6.45, 7) is 0. The Labute approximate surface area is 106 Å². The third-order valence-electron chi connectivity index (χ3n) is 3.04. The normalized spacial score (nSPS) is 14.9. The second kappa shape index (κ2) is 3.74. The molecular formula is C11H9N3O3S. The smallest absolute Gasteiger partial charge is 0.270 e. The number of fused-ring (bicyclic) bond motifs is 1. The summed E-state index contributed by atoms with van der Waals surface area (Å²) in [6, 6.07) is 4.31. The average molecular weight is 263 g/mol. The van der Waals surface area contributed by atoms with Gasteiger partial charge >= 0.3 is 0 Å². The molecule has 6 nitrogen and oxygen atoms in total. The number of aromatic amines is 1. The minimum absolute atomic E-state index is 0.0903. The van der Waals surface area contributed by atoms with Crippen molar-refractivity contribution in [3.63, 3.8) is 0 Å². The Morgan fingerprint density at radius 1 is 1.44 bits per heavy atom. The molecular weight excluding hydrogens is 254 g/mol. The number of H-pyrrole nitrogens is 1. The topological polar surface area (TPSA) is 80.9 Å². The summed E-state index contributed by atoms with van der Waals surface area (Å²) < 4.78 is 1.89. The lowest BCUT2D eigenvalue weighted by atomic mass is 10.2. The molecule has 0 spiro atoms. The molecule has 0 atom stereocenters. The molecule has 1 aliphatic rings. The Kier molecular flexibility index (Phi) is 2.30. The summed E-state index contributed by atoms with van der Waals surface area (Å²) in [4.78, 5) is 25.4. The lowest BCUT2D eigenvalue weighted by Gasteiger charge is -2.05. The molecule has 1 fully saturated rings. The highest BCUT2D eigenvalue weighted by Gasteiger charge is 2.26. The molecule has 0 radical (unpaired) electrons. The van der Waals surface area contributed by atoms with Crippen molar-refractivity contribution >= 4 is 28.8 Å². The minimum atomic E-state index is -0.512. The van der Waals surface area contributed by atoms with E-state index >= 15 is 0 Å². The van der Waals surface area contributed by atoms with Gasteiger partial charge in [0.2, 0.25) is 0 Å². The van der Waals surface area contributed by atoms with Gasteiger partial charge in [0.1, 0.15) is 0 Å². The van der Waals surface area contributed by atoms with Gasteiger partial charge in [0.15, 0.2) is 4.77 Å². The van der Waals surface area contributed by atoms with Crippen LogP contribution in [0.5, 0.6) is 0 Å². The van der Waals surface area contributed by atoms with Crippen LogP contribution in [0.1, 0.15) is 18.9 Å². The molecule has 1 aromatic carbocycles. The molecule has 0 aliphatic heterocycles. The standard InChI is InChI=1S/C11H9N3O3S/c15-10-8-5-7(14(16)17)3-4-9(8)12-11(18)13(10)6-1-2-6/h3-6H,1-2H2,(H,12,18). The van der Waals surface area contributed by atoms with E-state index < -0.39 is 4.92 Å². The van der Waals surface area contributed by atoms with Crippen LogP contribution in [0.4, 0.5) is 5.69 Å². The van der Waals surface area contributed by atoms with Crippen LogP contribution in [0.25, 0.3) is 10.9 Å². The molecule has 1 heterocycles. The van der Waals surface area contributed by atoms with E-state index in [1.54, 1.807) is 0 Å². The third kappa shape index (κ3) is 1.63. The van der Waals surface area contributed by atoms with Gasteiger partial charge in [-0.15, -0.1) is 0 Å². The summed E-state index contributed by atoms with van der Waals surface area (Å²) in [6.07, 6.45) is 1.86. The number of benzene rings is 1. The van der Waals surface area contributed by atoms with Gasteiger partial charge in [0.25, 0.3) is 11.2 Å². The van der Waals surface area contributed by atoms with Crippen LogP contribution in [0.2, 0.25) is 0 Å². The van der Waals surface area contributed by atoms with Crippen molar-refractivity contribution in [3.8, 4) is 0 Å². The van der Waals surface area contributed by atoms with Crippen molar-refractivity contribution in [3.05, 3.63) is 43.4 Å². The predicted octanol–water partition coefficient (Wildman–Crippen LogP) is 2.30. The van der Waals surface area contributed by atoms with Crippen LogP contribution in [0.15, 0.2) is 23.0 Å². The molecule has 2 aromatic rings. The molecule has 1 aliphatic carbocycles. The van der Waals surface area contributed by atoms with Crippen molar-refractivity contribution in [2.45, 2.75) is 18.9 Å². The molecule has 0 saturated heterocycles. The molecule has 1 N–H and O–H groups in total. The highest BCUT2D eigenvalue weighted by Crippen LogP contribution is 2.34. The number of non-ortho nitro benzene ring substituents is 1. The molecule has 1 saturated carbocycles. The first kappa shape index (κ1) is 11.1. The van der Waals surface area contributed by atoms with Crippen LogP contribution in [-0.2, 0) is 0 Å². The van der Waals surface area contributed by atoms with E-state index in [4.69, 9.17) is 12.2 Å². The first-order valence-electron chi connectivity index (χ1n) is 5.51. The number of rotatable bonds is 2. The Morgan fingerprint density at radius 3 is 2.78 bits per heavy atom. The van der Waals surface area contributed by atoms with Crippen molar-refractivity contribution in [1.82, 2.24) is 9.55 Å². The Hall–Kier alpha value is -2.02. The van der Waals surface area contributed by atoms with Gasteiger partial charge in [0.05, 0.1) is 15.8 Å². The van der Waals surface area contributed by atoms with Gasteiger partial charge in [0, 0.05) is 18.2 Å². The second-order valence-corrected chi connectivity index (χ2v) is 4.71. The highest BCUT2D eigenvalue weighted by atomic mass is 32.1.